The highest BCUT2D eigenvalue weighted by atomic mass is 15.1. The SMILES string of the molecule is CCC1CCC1NC1CCN(C)CC1. The first-order valence-electron chi connectivity index (χ1n) is 6.24. The summed E-state index contributed by atoms with van der Waals surface area (Å²) in [7, 11) is 2.23. The van der Waals surface area contributed by atoms with Crippen LogP contribution >= 0.6 is 0 Å². The summed E-state index contributed by atoms with van der Waals surface area (Å²) in [4.78, 5) is 2.44. The van der Waals surface area contributed by atoms with Crippen molar-refractivity contribution in [1.82, 2.24) is 10.2 Å². The van der Waals surface area contributed by atoms with Crippen molar-refractivity contribution in [2.75, 3.05) is 20.1 Å². The highest BCUT2D eigenvalue weighted by Crippen LogP contribution is 2.31. The minimum Gasteiger partial charge on any atom is -0.311 e. The van der Waals surface area contributed by atoms with E-state index in [1.807, 2.05) is 0 Å². The maximum Gasteiger partial charge on any atom is 0.00979 e. The highest BCUT2D eigenvalue weighted by Gasteiger charge is 2.31. The first kappa shape index (κ1) is 10.4. The smallest absolute Gasteiger partial charge is 0.00979 e. The molecule has 2 nitrogen and oxygen atoms in total. The zero-order valence-corrected chi connectivity index (χ0v) is 9.63. The van der Waals surface area contributed by atoms with Crippen LogP contribution in [-0.4, -0.2) is 37.1 Å². The molecule has 0 radical (unpaired) electrons. The molecule has 2 atom stereocenters. The Morgan fingerprint density at radius 3 is 2.36 bits per heavy atom. The van der Waals surface area contributed by atoms with Crippen molar-refractivity contribution >= 4 is 0 Å². The van der Waals surface area contributed by atoms with Crippen molar-refractivity contribution < 1.29 is 0 Å². The van der Waals surface area contributed by atoms with Crippen LogP contribution in [0.25, 0.3) is 0 Å². The summed E-state index contributed by atoms with van der Waals surface area (Å²) in [5, 5.41) is 3.85. The molecule has 2 heteroatoms. The third kappa shape index (κ3) is 2.29. The summed E-state index contributed by atoms with van der Waals surface area (Å²) in [6.07, 6.45) is 6.95. The van der Waals surface area contributed by atoms with E-state index in [0.717, 1.165) is 18.0 Å². The number of likely N-dealkylation sites (tertiary alicyclic amines) is 1. The molecule has 1 aliphatic carbocycles. The van der Waals surface area contributed by atoms with E-state index in [-0.39, 0.29) is 0 Å². The van der Waals surface area contributed by atoms with Crippen molar-refractivity contribution in [3.8, 4) is 0 Å². The van der Waals surface area contributed by atoms with Gasteiger partial charge in [-0.2, -0.15) is 0 Å². The molecule has 2 fully saturated rings. The van der Waals surface area contributed by atoms with Gasteiger partial charge < -0.3 is 10.2 Å². The van der Waals surface area contributed by atoms with Gasteiger partial charge in [-0.15, -0.1) is 0 Å². The van der Waals surface area contributed by atoms with Gasteiger partial charge in [-0.05, 0) is 51.7 Å². The molecule has 1 saturated heterocycles. The van der Waals surface area contributed by atoms with Gasteiger partial charge in [-0.25, -0.2) is 0 Å². The molecule has 2 unspecified atom stereocenters. The van der Waals surface area contributed by atoms with Crippen LogP contribution in [0.5, 0.6) is 0 Å². The Balaban J connectivity index is 1.70. The van der Waals surface area contributed by atoms with E-state index < -0.39 is 0 Å². The summed E-state index contributed by atoms with van der Waals surface area (Å²) >= 11 is 0. The van der Waals surface area contributed by atoms with Crippen LogP contribution in [-0.2, 0) is 0 Å². The largest absolute Gasteiger partial charge is 0.311 e. The molecule has 0 aromatic rings. The second-order valence-electron chi connectivity index (χ2n) is 5.10. The van der Waals surface area contributed by atoms with E-state index >= 15 is 0 Å². The van der Waals surface area contributed by atoms with Gasteiger partial charge in [0, 0.05) is 12.1 Å². The summed E-state index contributed by atoms with van der Waals surface area (Å²) in [5.74, 6) is 0.981. The predicted octanol–water partition coefficient (Wildman–Crippen LogP) is 1.86. The zero-order valence-electron chi connectivity index (χ0n) is 9.63. The molecule has 2 aliphatic rings. The molecule has 1 N–H and O–H groups in total. The average Bonchev–Trinajstić information content (AvgIpc) is 2.16. The average molecular weight is 196 g/mol. The van der Waals surface area contributed by atoms with Crippen molar-refractivity contribution in [1.29, 1.82) is 0 Å². The van der Waals surface area contributed by atoms with Crippen LogP contribution in [0.4, 0.5) is 0 Å². The van der Waals surface area contributed by atoms with Gasteiger partial charge in [0.05, 0.1) is 0 Å². The Kier molecular flexibility index (Phi) is 3.45. The van der Waals surface area contributed by atoms with Crippen molar-refractivity contribution in [3.05, 3.63) is 0 Å². The molecule has 0 bridgehead atoms. The van der Waals surface area contributed by atoms with Crippen molar-refractivity contribution in [2.45, 2.75) is 51.1 Å². The lowest BCUT2D eigenvalue weighted by molar-refractivity contribution is 0.153. The van der Waals surface area contributed by atoms with Crippen LogP contribution in [0.1, 0.15) is 39.0 Å². The van der Waals surface area contributed by atoms with E-state index in [4.69, 9.17) is 0 Å². The lowest BCUT2D eigenvalue weighted by atomic mass is 9.77. The minimum atomic E-state index is 0.811. The van der Waals surface area contributed by atoms with Crippen LogP contribution in [0.15, 0.2) is 0 Å². The lowest BCUT2D eigenvalue weighted by Crippen LogP contribution is -2.51. The first-order chi connectivity index (χ1) is 6.79. The second kappa shape index (κ2) is 4.63. The van der Waals surface area contributed by atoms with Crippen LogP contribution in [0.3, 0.4) is 0 Å². The molecule has 1 aliphatic heterocycles. The van der Waals surface area contributed by atoms with Crippen LogP contribution in [0.2, 0.25) is 0 Å². The third-order valence-electron chi connectivity index (χ3n) is 4.11. The normalized spacial score (nSPS) is 35.6. The van der Waals surface area contributed by atoms with Gasteiger partial charge in [0.25, 0.3) is 0 Å². The number of nitrogens with one attached hydrogen (secondary N) is 1. The molecule has 0 amide bonds. The fourth-order valence-corrected chi connectivity index (χ4v) is 2.76. The Hall–Kier alpha value is -0.0800. The highest BCUT2D eigenvalue weighted by molar-refractivity contribution is 4.89. The quantitative estimate of drug-likeness (QED) is 0.741. The van der Waals surface area contributed by atoms with Gasteiger partial charge >= 0.3 is 0 Å². The molecular weight excluding hydrogens is 172 g/mol. The monoisotopic (exact) mass is 196 g/mol. The maximum absolute atomic E-state index is 3.85. The van der Waals surface area contributed by atoms with E-state index in [9.17, 15) is 0 Å². The second-order valence-corrected chi connectivity index (χ2v) is 5.10. The third-order valence-corrected chi connectivity index (χ3v) is 4.11. The molecule has 0 aromatic carbocycles. The maximum atomic E-state index is 3.85. The van der Waals surface area contributed by atoms with E-state index in [0.29, 0.717) is 0 Å². The fraction of sp³-hybridized carbons (Fsp3) is 1.00. The molecular formula is C12H24N2. The van der Waals surface area contributed by atoms with Gasteiger partial charge in [0.1, 0.15) is 0 Å². The Bertz CT molecular complexity index is 171. The fourth-order valence-electron chi connectivity index (χ4n) is 2.76. The van der Waals surface area contributed by atoms with Gasteiger partial charge in [0.2, 0.25) is 0 Å². The molecule has 0 aromatic heterocycles. The minimum absolute atomic E-state index is 0.811. The van der Waals surface area contributed by atoms with Crippen LogP contribution in [0, 0.1) is 5.92 Å². The van der Waals surface area contributed by atoms with Crippen LogP contribution < -0.4 is 5.32 Å². The Morgan fingerprint density at radius 1 is 1.14 bits per heavy atom. The molecule has 1 heterocycles. The van der Waals surface area contributed by atoms with E-state index in [2.05, 4.69) is 24.2 Å². The molecule has 14 heavy (non-hydrogen) atoms. The number of piperidine rings is 1. The lowest BCUT2D eigenvalue weighted by Gasteiger charge is -2.41. The molecule has 0 spiro atoms. The van der Waals surface area contributed by atoms with Crippen molar-refractivity contribution in [2.24, 2.45) is 5.92 Å². The zero-order chi connectivity index (χ0) is 9.97. The predicted molar refractivity (Wildman–Crippen MR) is 60.5 cm³/mol. The molecule has 82 valence electrons. The summed E-state index contributed by atoms with van der Waals surface area (Å²) < 4.78 is 0. The number of nitrogens with zero attached hydrogens (tertiary/aromatic N) is 1. The molecule has 1 saturated carbocycles. The Morgan fingerprint density at radius 2 is 1.86 bits per heavy atom. The number of hydrogen-bond acceptors (Lipinski definition) is 2. The summed E-state index contributed by atoms with van der Waals surface area (Å²) in [5.41, 5.74) is 0. The summed E-state index contributed by atoms with van der Waals surface area (Å²) in [6, 6.07) is 1.67. The van der Waals surface area contributed by atoms with E-state index in [1.165, 1.54) is 45.2 Å². The summed E-state index contributed by atoms with van der Waals surface area (Å²) in [6.45, 7) is 4.88. The standard InChI is InChI=1S/C12H24N2/c1-3-10-4-5-12(10)13-11-6-8-14(2)9-7-11/h10-13H,3-9H2,1-2H3. The number of rotatable bonds is 3. The van der Waals surface area contributed by atoms with Crippen molar-refractivity contribution in [3.63, 3.8) is 0 Å². The number of hydrogen-bond donors (Lipinski definition) is 1. The topological polar surface area (TPSA) is 15.3 Å². The Labute approximate surface area is 88.1 Å². The van der Waals surface area contributed by atoms with Gasteiger partial charge in [-0.1, -0.05) is 13.3 Å². The van der Waals surface area contributed by atoms with Gasteiger partial charge in [-0.3, -0.25) is 0 Å². The molecule has 2 rings (SSSR count). The van der Waals surface area contributed by atoms with E-state index in [1.54, 1.807) is 0 Å². The van der Waals surface area contributed by atoms with Gasteiger partial charge in [0.15, 0.2) is 0 Å². The first-order valence-corrected chi connectivity index (χ1v) is 6.24.